The van der Waals surface area contributed by atoms with Gasteiger partial charge in [0.2, 0.25) is 0 Å². The van der Waals surface area contributed by atoms with Gasteiger partial charge in [0.1, 0.15) is 0 Å². The second kappa shape index (κ2) is 11.9. The average molecular weight is 445 g/mol. The van der Waals surface area contributed by atoms with Crippen molar-refractivity contribution in [1.29, 1.82) is 0 Å². The molecule has 0 aliphatic carbocycles. The minimum Gasteiger partial charge on any atom is -0.256 e. The second-order valence-corrected chi connectivity index (χ2v) is 18.4. The highest BCUT2D eigenvalue weighted by Crippen LogP contribution is 2.78. The Morgan fingerprint density at radius 1 is 0.444 bits per heavy atom. The Morgan fingerprint density at radius 3 is 0.889 bits per heavy atom. The van der Waals surface area contributed by atoms with Crippen LogP contribution in [0.4, 0.5) is 0 Å². The Balaban J connectivity index is 6.82. The third-order valence-corrected chi connectivity index (χ3v) is 20.7. The molecule has 0 aliphatic heterocycles. The lowest BCUT2D eigenvalue weighted by Crippen LogP contribution is -2.51. The van der Waals surface area contributed by atoms with E-state index in [1.807, 2.05) is 0 Å². The molecule has 0 bridgehead atoms. The monoisotopic (exact) mass is 444 g/mol. The van der Waals surface area contributed by atoms with Crippen LogP contribution in [0.25, 0.3) is 0 Å². The predicted octanol–water partition coefficient (Wildman–Crippen LogP) is 5.78. The lowest BCUT2D eigenvalue weighted by molar-refractivity contribution is 0.472. The molecular weight excluding hydrogens is 392 g/mol. The molecule has 0 amide bonds. The van der Waals surface area contributed by atoms with E-state index in [1.165, 1.54) is 11.5 Å². The quantitative estimate of drug-likeness (QED) is 0.337. The number of hydrogen-bond donors (Lipinski definition) is 0. The normalized spacial score (nSPS) is 16.0. The van der Waals surface area contributed by atoms with Crippen LogP contribution < -0.4 is 0 Å². The minimum absolute atomic E-state index is 1.04. The van der Waals surface area contributed by atoms with Gasteiger partial charge < -0.3 is 0 Å². The molecule has 7 heteroatoms. The molecule has 0 spiro atoms. The number of nitrogens with zero attached hydrogens (tertiary/aromatic N) is 4. The van der Waals surface area contributed by atoms with Crippen LogP contribution in [-0.4, -0.2) is 91.8 Å². The van der Waals surface area contributed by atoms with Gasteiger partial charge in [-0.15, -0.1) is 31.2 Å². The fourth-order valence-corrected chi connectivity index (χ4v) is 22.2. The predicted molar refractivity (Wildman–Crippen MR) is 138 cm³/mol. The van der Waals surface area contributed by atoms with Crippen molar-refractivity contribution in [2.75, 3.05) is 75.8 Å². The molecule has 0 radical (unpaired) electrons. The molecule has 0 unspecified atom stereocenters. The van der Waals surface area contributed by atoms with Gasteiger partial charge in [-0.3, -0.25) is 12.9 Å². The van der Waals surface area contributed by atoms with Gasteiger partial charge in [0.25, 0.3) is 0 Å². The Hall–Kier alpha value is 0.890. The summed E-state index contributed by atoms with van der Waals surface area (Å²) in [6, 6.07) is 0. The first-order chi connectivity index (χ1) is 12.5. The summed E-state index contributed by atoms with van der Waals surface area (Å²) in [7, 11) is -3.19. The summed E-state index contributed by atoms with van der Waals surface area (Å²) in [5.74, 6) is 2.50. The van der Waals surface area contributed by atoms with Gasteiger partial charge in [-0.05, 0) is 25.0 Å². The molecule has 170 valence electrons. The molecule has 0 aromatic heterocycles. The van der Waals surface area contributed by atoms with Crippen LogP contribution >= 0.6 is 31.2 Å². The van der Waals surface area contributed by atoms with Crippen molar-refractivity contribution in [3.8, 4) is 0 Å². The van der Waals surface area contributed by atoms with Crippen LogP contribution in [0.1, 0.15) is 55.4 Å². The van der Waals surface area contributed by atoms with E-state index in [0.717, 1.165) is 39.3 Å². The highest BCUT2D eigenvalue weighted by atomic mass is 32.4. The molecule has 0 aromatic rings. The Bertz CT molecular complexity index is 378. The van der Waals surface area contributed by atoms with Crippen LogP contribution in [0.15, 0.2) is 0 Å². The van der Waals surface area contributed by atoms with Gasteiger partial charge in [0, 0.05) is 50.8 Å². The zero-order valence-corrected chi connectivity index (χ0v) is 23.1. The zero-order chi connectivity index (χ0) is 21.5. The highest BCUT2D eigenvalue weighted by Gasteiger charge is 2.48. The van der Waals surface area contributed by atoms with E-state index in [0.29, 0.717) is 0 Å². The second-order valence-electron chi connectivity index (χ2n) is 7.39. The summed E-state index contributed by atoms with van der Waals surface area (Å²) < 4.78 is 11.4. The summed E-state index contributed by atoms with van der Waals surface area (Å²) in [4.78, 5) is 0. The summed E-state index contributed by atoms with van der Waals surface area (Å²) in [6.07, 6.45) is 10.3. The zero-order valence-electron chi connectivity index (χ0n) is 20.7. The molecular formula is C20H52N4S3. The topological polar surface area (TPSA) is 13.0 Å². The van der Waals surface area contributed by atoms with Crippen molar-refractivity contribution in [3.05, 3.63) is 0 Å². The van der Waals surface area contributed by atoms with Gasteiger partial charge in [-0.2, -0.15) is 3.12 Å². The molecule has 0 aliphatic rings. The molecule has 4 nitrogen and oxygen atoms in total. The first kappa shape index (κ1) is 27.9. The lowest BCUT2D eigenvalue weighted by atomic mass is 10.7. The summed E-state index contributed by atoms with van der Waals surface area (Å²) >= 11 is 0. The van der Waals surface area contributed by atoms with Crippen molar-refractivity contribution in [2.45, 2.75) is 55.4 Å². The smallest absolute Gasteiger partial charge is 0.00574 e. The van der Waals surface area contributed by atoms with Gasteiger partial charge in [-0.1, -0.05) is 55.4 Å². The molecule has 0 saturated carbocycles. The molecule has 0 atom stereocenters. The molecule has 27 heavy (non-hydrogen) atoms. The maximum atomic E-state index is 3.11. The van der Waals surface area contributed by atoms with E-state index in [-0.39, 0.29) is 0 Å². The number of rotatable bonds is 14. The van der Waals surface area contributed by atoms with Gasteiger partial charge in [0.15, 0.2) is 0 Å². The maximum Gasteiger partial charge on any atom is 0.00574 e. The SMILES string of the molecule is CCN(CC)S(C)(C)N(S(C)(C)N(CC)CC)S(CC)(CC)N(CC)CC. The third kappa shape index (κ3) is 5.53. The van der Waals surface area contributed by atoms with E-state index in [1.54, 1.807) is 0 Å². The van der Waals surface area contributed by atoms with Gasteiger partial charge in [-0.25, -0.2) is 0 Å². The van der Waals surface area contributed by atoms with Crippen LogP contribution in [0.2, 0.25) is 0 Å². The van der Waals surface area contributed by atoms with Crippen molar-refractivity contribution >= 4 is 31.2 Å². The standard InChI is InChI=1S/C20H52N4S3/c1-13-21(14-2)25(9,10)24(26(11,12)22(15-3)16-4)27(19-7,20-8)23(17-5)18-6/h13-20H2,1-12H3. The summed E-state index contributed by atoms with van der Waals surface area (Å²) in [5, 5.41) is 0. The molecule has 0 rings (SSSR count). The van der Waals surface area contributed by atoms with Crippen molar-refractivity contribution in [3.63, 3.8) is 0 Å². The van der Waals surface area contributed by atoms with Crippen LogP contribution in [0.3, 0.4) is 0 Å². The van der Waals surface area contributed by atoms with Gasteiger partial charge >= 0.3 is 0 Å². The average Bonchev–Trinajstić information content (AvgIpc) is 2.62. The molecule has 0 saturated heterocycles. The molecule has 0 heterocycles. The molecule has 0 fully saturated rings. The van der Waals surface area contributed by atoms with Crippen molar-refractivity contribution < 1.29 is 0 Å². The molecule has 0 aromatic carbocycles. The van der Waals surface area contributed by atoms with Crippen molar-refractivity contribution in [2.24, 2.45) is 0 Å². The Kier molecular flexibility index (Phi) is 12.3. The highest BCUT2D eigenvalue weighted by molar-refractivity contribution is 8.55. The van der Waals surface area contributed by atoms with E-state index in [9.17, 15) is 0 Å². The Labute approximate surface area is 178 Å². The molecule has 0 N–H and O–H groups in total. The van der Waals surface area contributed by atoms with E-state index in [4.69, 9.17) is 0 Å². The summed E-state index contributed by atoms with van der Waals surface area (Å²) in [5.41, 5.74) is 0. The largest absolute Gasteiger partial charge is 0.256 e. The minimum atomic E-state index is -1.08. The van der Waals surface area contributed by atoms with E-state index < -0.39 is 31.2 Å². The van der Waals surface area contributed by atoms with Crippen LogP contribution in [0.5, 0.6) is 0 Å². The first-order valence-electron chi connectivity index (χ1n) is 10.9. The lowest BCUT2D eigenvalue weighted by Gasteiger charge is -2.70. The fourth-order valence-electron chi connectivity index (χ4n) is 4.60. The fraction of sp³-hybridized carbons (Fsp3) is 1.00. The van der Waals surface area contributed by atoms with E-state index >= 15 is 0 Å². The summed E-state index contributed by atoms with van der Waals surface area (Å²) in [6.45, 7) is 25.7. The van der Waals surface area contributed by atoms with E-state index in [2.05, 4.69) is 96.4 Å². The number of hydrogen-bond acceptors (Lipinski definition) is 4. The van der Waals surface area contributed by atoms with Gasteiger partial charge in [0.05, 0.1) is 0 Å². The maximum absolute atomic E-state index is 3.11. The van der Waals surface area contributed by atoms with Crippen molar-refractivity contribution in [1.82, 2.24) is 16.0 Å². The van der Waals surface area contributed by atoms with Crippen LogP contribution in [0, 0.1) is 0 Å². The van der Waals surface area contributed by atoms with Crippen LogP contribution in [-0.2, 0) is 0 Å². The Morgan fingerprint density at radius 2 is 0.704 bits per heavy atom. The first-order valence-corrected chi connectivity index (χ1v) is 17.5. The third-order valence-electron chi connectivity index (χ3n) is 5.79.